The van der Waals surface area contributed by atoms with Gasteiger partial charge in [-0.1, -0.05) is 0 Å². The molecule has 1 aromatic heterocycles. The summed E-state index contributed by atoms with van der Waals surface area (Å²) >= 11 is 5.67. The van der Waals surface area contributed by atoms with Gasteiger partial charge in [-0.15, -0.1) is 0 Å². The minimum atomic E-state index is -4.57. The van der Waals surface area contributed by atoms with E-state index in [1.54, 1.807) is 4.90 Å². The van der Waals surface area contributed by atoms with Gasteiger partial charge in [-0.25, -0.2) is 0 Å². The fraction of sp³-hybridized carbons (Fsp3) is 0.458. The SMILES string of the molecule is Cc1ncc(N2C(=O)C3(CCC3)N(c3ccc(O[C@@H]4CCN(C)C4)cc3)C2=S)cc1C(F)(F)F. The molecule has 2 aromatic rings. The van der Waals surface area contributed by atoms with Gasteiger partial charge in [0.1, 0.15) is 17.4 Å². The van der Waals surface area contributed by atoms with Crippen molar-refractivity contribution in [3.63, 3.8) is 0 Å². The first kappa shape index (κ1) is 23.0. The second-order valence-corrected chi connectivity index (χ2v) is 9.62. The normalized spacial score (nSPS) is 22.6. The summed E-state index contributed by atoms with van der Waals surface area (Å²) in [5.74, 6) is 0.425. The van der Waals surface area contributed by atoms with E-state index in [2.05, 4.69) is 16.9 Å². The van der Waals surface area contributed by atoms with Crippen LogP contribution in [-0.2, 0) is 11.0 Å². The van der Waals surface area contributed by atoms with Gasteiger partial charge in [0, 0.05) is 24.5 Å². The van der Waals surface area contributed by atoms with E-state index in [1.165, 1.54) is 18.0 Å². The summed E-state index contributed by atoms with van der Waals surface area (Å²) in [6.45, 7) is 3.16. The molecule has 10 heteroatoms. The van der Waals surface area contributed by atoms with Gasteiger partial charge in [0.2, 0.25) is 0 Å². The Morgan fingerprint density at radius 1 is 1.18 bits per heavy atom. The summed E-state index contributed by atoms with van der Waals surface area (Å²) in [7, 11) is 2.06. The van der Waals surface area contributed by atoms with Crippen LogP contribution >= 0.6 is 12.2 Å². The molecule has 1 saturated carbocycles. The lowest BCUT2D eigenvalue weighted by Crippen LogP contribution is -2.55. The molecule has 3 heterocycles. The zero-order valence-corrected chi connectivity index (χ0v) is 19.7. The molecule has 0 N–H and O–H groups in total. The van der Waals surface area contributed by atoms with E-state index >= 15 is 0 Å². The summed E-state index contributed by atoms with van der Waals surface area (Å²) in [4.78, 5) is 22.6. The van der Waals surface area contributed by atoms with Crippen molar-refractivity contribution in [1.82, 2.24) is 9.88 Å². The first-order valence-electron chi connectivity index (χ1n) is 11.3. The maximum atomic E-state index is 13.5. The number of likely N-dealkylation sites (tertiary alicyclic amines) is 1. The van der Waals surface area contributed by atoms with Gasteiger partial charge < -0.3 is 14.5 Å². The monoisotopic (exact) mass is 490 g/mol. The molecule has 34 heavy (non-hydrogen) atoms. The Morgan fingerprint density at radius 2 is 1.88 bits per heavy atom. The Kier molecular flexibility index (Phi) is 5.55. The number of anilines is 2. The van der Waals surface area contributed by atoms with Gasteiger partial charge in [0.15, 0.2) is 5.11 Å². The number of hydrogen-bond donors (Lipinski definition) is 0. The van der Waals surface area contributed by atoms with Gasteiger partial charge in [-0.2, -0.15) is 13.2 Å². The van der Waals surface area contributed by atoms with Gasteiger partial charge in [-0.05, 0) is 82.2 Å². The quantitative estimate of drug-likeness (QED) is 0.586. The fourth-order valence-corrected chi connectivity index (χ4v) is 5.46. The molecular formula is C24H25F3N4O2S. The Balaban J connectivity index is 1.45. The van der Waals surface area contributed by atoms with Crippen LogP contribution < -0.4 is 14.5 Å². The van der Waals surface area contributed by atoms with E-state index in [0.29, 0.717) is 18.5 Å². The predicted octanol–water partition coefficient (Wildman–Crippen LogP) is 4.55. The molecule has 3 fully saturated rings. The van der Waals surface area contributed by atoms with E-state index in [1.807, 2.05) is 24.3 Å². The molecule has 0 bridgehead atoms. The molecule has 2 aliphatic heterocycles. The van der Waals surface area contributed by atoms with E-state index in [0.717, 1.165) is 37.7 Å². The van der Waals surface area contributed by atoms with Crippen molar-refractivity contribution in [1.29, 1.82) is 0 Å². The molecule has 5 rings (SSSR count). The number of halogens is 3. The maximum absolute atomic E-state index is 13.5. The summed E-state index contributed by atoms with van der Waals surface area (Å²) in [5, 5.41) is 0.162. The molecular weight excluding hydrogens is 465 g/mol. The Morgan fingerprint density at radius 3 is 2.44 bits per heavy atom. The van der Waals surface area contributed by atoms with Crippen LogP contribution in [0.25, 0.3) is 0 Å². The third-order valence-corrected chi connectivity index (χ3v) is 7.34. The largest absolute Gasteiger partial charge is 0.489 e. The van der Waals surface area contributed by atoms with Crippen LogP contribution in [0.4, 0.5) is 24.5 Å². The zero-order chi connectivity index (χ0) is 24.3. The first-order valence-corrected chi connectivity index (χ1v) is 11.7. The number of nitrogens with zero attached hydrogens (tertiary/aromatic N) is 4. The van der Waals surface area contributed by atoms with Crippen molar-refractivity contribution < 1.29 is 22.7 Å². The molecule has 0 radical (unpaired) electrons. The number of aryl methyl sites for hydroxylation is 1. The number of pyridine rings is 1. The van der Waals surface area contributed by atoms with Crippen molar-refractivity contribution in [2.24, 2.45) is 0 Å². The van der Waals surface area contributed by atoms with Crippen LogP contribution in [0, 0.1) is 6.92 Å². The third-order valence-electron chi connectivity index (χ3n) is 6.97. The van der Waals surface area contributed by atoms with E-state index in [-0.39, 0.29) is 28.5 Å². The molecule has 180 valence electrons. The number of benzene rings is 1. The number of likely N-dealkylation sites (N-methyl/N-ethyl adjacent to an activating group) is 1. The van der Waals surface area contributed by atoms with Crippen molar-refractivity contribution in [2.45, 2.75) is 50.4 Å². The molecule has 0 unspecified atom stereocenters. The summed E-state index contributed by atoms with van der Waals surface area (Å²) in [6.07, 6.45) is -0.187. The maximum Gasteiger partial charge on any atom is 0.418 e. The zero-order valence-electron chi connectivity index (χ0n) is 18.9. The van der Waals surface area contributed by atoms with Gasteiger partial charge in [0.05, 0.1) is 17.4 Å². The van der Waals surface area contributed by atoms with E-state index in [4.69, 9.17) is 17.0 Å². The highest BCUT2D eigenvalue weighted by molar-refractivity contribution is 7.81. The number of hydrogen-bond acceptors (Lipinski definition) is 5. The van der Waals surface area contributed by atoms with Crippen molar-refractivity contribution >= 4 is 34.6 Å². The van der Waals surface area contributed by atoms with Crippen LogP contribution in [0.15, 0.2) is 36.5 Å². The molecule has 1 spiro atoms. The molecule has 1 aliphatic carbocycles. The van der Waals surface area contributed by atoms with Crippen LogP contribution in [0.1, 0.15) is 36.9 Å². The fourth-order valence-electron chi connectivity index (χ4n) is 5.00. The molecule has 1 atom stereocenters. The third kappa shape index (κ3) is 3.73. The van der Waals surface area contributed by atoms with E-state index in [9.17, 15) is 18.0 Å². The minimum absolute atomic E-state index is 0.0343. The number of thiocarbonyl (C=S) groups is 1. The predicted molar refractivity (Wildman–Crippen MR) is 126 cm³/mol. The summed E-state index contributed by atoms with van der Waals surface area (Å²) in [5.41, 5.74) is -1.15. The summed E-state index contributed by atoms with van der Waals surface area (Å²) < 4.78 is 46.5. The molecule has 1 amide bonds. The van der Waals surface area contributed by atoms with Crippen LogP contribution in [-0.4, -0.2) is 52.7 Å². The van der Waals surface area contributed by atoms with Crippen LogP contribution in [0.2, 0.25) is 0 Å². The highest BCUT2D eigenvalue weighted by Gasteiger charge is 2.59. The lowest BCUT2D eigenvalue weighted by atomic mass is 9.75. The number of ether oxygens (including phenoxy) is 1. The number of rotatable bonds is 4. The average molecular weight is 491 g/mol. The van der Waals surface area contributed by atoms with E-state index < -0.39 is 17.3 Å². The summed E-state index contributed by atoms with van der Waals surface area (Å²) in [6, 6.07) is 8.37. The van der Waals surface area contributed by atoms with Gasteiger partial charge >= 0.3 is 6.18 Å². The lowest BCUT2D eigenvalue weighted by molar-refractivity contribution is -0.138. The Bertz CT molecular complexity index is 1130. The minimum Gasteiger partial charge on any atom is -0.489 e. The molecule has 2 saturated heterocycles. The number of alkyl halides is 3. The topological polar surface area (TPSA) is 48.9 Å². The molecule has 3 aliphatic rings. The van der Waals surface area contributed by atoms with Crippen molar-refractivity contribution in [3.8, 4) is 5.75 Å². The number of amides is 1. The second kappa shape index (κ2) is 8.20. The van der Waals surface area contributed by atoms with Gasteiger partial charge in [-0.3, -0.25) is 14.7 Å². The lowest BCUT2D eigenvalue weighted by Gasteiger charge is -2.43. The standard InChI is InChI=1S/C24H25F3N4O2S/c1-15-20(24(25,26)27)12-17(13-28-15)30-21(32)23(9-3-10-23)31(22(30)34)16-4-6-18(7-5-16)33-19-8-11-29(2)14-19/h4-7,12-13,19H,3,8-11,14H2,1-2H3/t19-/m1/s1. The number of carbonyl (C=O) groups is 1. The smallest absolute Gasteiger partial charge is 0.418 e. The first-order chi connectivity index (χ1) is 16.1. The number of carbonyl (C=O) groups excluding carboxylic acids is 1. The number of aromatic nitrogens is 1. The van der Waals surface area contributed by atoms with Crippen LogP contribution in [0.3, 0.4) is 0 Å². The van der Waals surface area contributed by atoms with Crippen LogP contribution in [0.5, 0.6) is 5.75 Å². The van der Waals surface area contributed by atoms with Crippen molar-refractivity contribution in [3.05, 3.63) is 47.8 Å². The molecule has 1 aromatic carbocycles. The van der Waals surface area contributed by atoms with Gasteiger partial charge in [0.25, 0.3) is 5.91 Å². The van der Waals surface area contributed by atoms with Crippen molar-refractivity contribution in [2.75, 3.05) is 29.9 Å². The molecule has 6 nitrogen and oxygen atoms in total. The highest BCUT2D eigenvalue weighted by Crippen LogP contribution is 2.48. The highest BCUT2D eigenvalue weighted by atomic mass is 32.1. The second-order valence-electron chi connectivity index (χ2n) is 9.25. The average Bonchev–Trinajstić information content (AvgIpc) is 3.26. The Labute approximate surface area is 201 Å². The Hall–Kier alpha value is -2.72.